The van der Waals surface area contributed by atoms with E-state index in [1.165, 1.54) is 6.07 Å². The zero-order chi connectivity index (χ0) is 10.8. The third kappa shape index (κ3) is 1.96. The van der Waals surface area contributed by atoms with Crippen molar-refractivity contribution in [2.24, 2.45) is 7.05 Å². The molecule has 0 unspecified atom stereocenters. The van der Waals surface area contributed by atoms with E-state index in [-0.39, 0.29) is 0 Å². The fourth-order valence-corrected chi connectivity index (χ4v) is 1.19. The van der Waals surface area contributed by atoms with Crippen molar-refractivity contribution in [1.29, 1.82) is 0 Å². The Morgan fingerprint density at radius 3 is 2.67 bits per heavy atom. The summed E-state index contributed by atoms with van der Waals surface area (Å²) < 4.78 is 27.2. The van der Waals surface area contributed by atoms with Gasteiger partial charge in [0.1, 0.15) is 0 Å². The summed E-state index contributed by atoms with van der Waals surface area (Å²) in [5.41, 5.74) is 0.461. The van der Waals surface area contributed by atoms with E-state index in [1.54, 1.807) is 24.0 Å². The van der Waals surface area contributed by atoms with Crippen LogP contribution in [0.2, 0.25) is 0 Å². The van der Waals surface area contributed by atoms with Crippen molar-refractivity contribution in [2.75, 3.05) is 5.32 Å². The molecule has 2 aromatic rings. The molecule has 0 bridgehead atoms. The zero-order valence-electron chi connectivity index (χ0n) is 8.04. The van der Waals surface area contributed by atoms with Gasteiger partial charge in [0.25, 0.3) is 0 Å². The Hall–Kier alpha value is -1.91. The topological polar surface area (TPSA) is 29.9 Å². The van der Waals surface area contributed by atoms with Crippen molar-refractivity contribution >= 4 is 11.6 Å². The molecule has 0 aliphatic rings. The molecule has 0 spiro atoms. The lowest BCUT2D eigenvalue weighted by molar-refractivity contribution is 0.509. The number of nitrogens with one attached hydrogen (secondary N) is 1. The summed E-state index contributed by atoms with van der Waals surface area (Å²) in [5.74, 6) is -1.17. The van der Waals surface area contributed by atoms with E-state index in [0.29, 0.717) is 11.6 Å². The minimum atomic E-state index is -0.880. The van der Waals surface area contributed by atoms with Crippen molar-refractivity contribution in [2.45, 2.75) is 0 Å². The van der Waals surface area contributed by atoms with Gasteiger partial charge in [0.05, 0.1) is 0 Å². The van der Waals surface area contributed by atoms with Crippen molar-refractivity contribution in [3.05, 3.63) is 42.2 Å². The minimum absolute atomic E-state index is 0.461. The molecular weight excluding hydrogens is 200 g/mol. The number of rotatable bonds is 2. The van der Waals surface area contributed by atoms with Gasteiger partial charge < -0.3 is 9.88 Å². The standard InChI is InChI=1S/C10H9F2N3/c1-15-5-4-13-10(15)14-7-2-3-8(11)9(12)6-7/h2-6H,1H3,(H,13,14). The highest BCUT2D eigenvalue weighted by atomic mass is 19.2. The molecule has 0 radical (unpaired) electrons. The van der Waals surface area contributed by atoms with Crippen LogP contribution in [0.4, 0.5) is 20.4 Å². The Bertz CT molecular complexity index is 479. The van der Waals surface area contributed by atoms with Crippen LogP contribution in [-0.2, 0) is 7.05 Å². The molecule has 2 rings (SSSR count). The molecule has 0 aliphatic heterocycles. The number of benzene rings is 1. The quantitative estimate of drug-likeness (QED) is 0.823. The first kappa shape index (κ1) is 9.64. The van der Waals surface area contributed by atoms with E-state index in [1.807, 2.05) is 0 Å². The summed E-state index contributed by atoms with van der Waals surface area (Å²) in [7, 11) is 1.80. The highest BCUT2D eigenvalue weighted by molar-refractivity contribution is 5.53. The van der Waals surface area contributed by atoms with Crippen LogP contribution < -0.4 is 5.32 Å². The molecule has 0 atom stereocenters. The maximum atomic E-state index is 12.9. The molecule has 1 aromatic heterocycles. The van der Waals surface area contributed by atoms with Crippen LogP contribution in [0.5, 0.6) is 0 Å². The van der Waals surface area contributed by atoms with Crippen LogP contribution in [0.3, 0.4) is 0 Å². The summed E-state index contributed by atoms with van der Waals surface area (Å²) in [6, 6.07) is 3.61. The third-order valence-electron chi connectivity index (χ3n) is 2.00. The minimum Gasteiger partial charge on any atom is -0.326 e. The van der Waals surface area contributed by atoms with Gasteiger partial charge in [-0.2, -0.15) is 0 Å². The molecular formula is C10H9F2N3. The van der Waals surface area contributed by atoms with Gasteiger partial charge in [-0.05, 0) is 12.1 Å². The first-order valence-electron chi connectivity index (χ1n) is 4.36. The first-order chi connectivity index (χ1) is 7.16. The number of nitrogens with zero attached hydrogens (tertiary/aromatic N) is 2. The molecule has 0 fully saturated rings. The summed E-state index contributed by atoms with van der Waals surface area (Å²) in [4.78, 5) is 4.00. The molecule has 0 saturated carbocycles. The van der Waals surface area contributed by atoms with Crippen LogP contribution in [0.1, 0.15) is 0 Å². The Morgan fingerprint density at radius 1 is 1.27 bits per heavy atom. The van der Waals surface area contributed by atoms with Crippen LogP contribution in [-0.4, -0.2) is 9.55 Å². The van der Waals surface area contributed by atoms with Crippen LogP contribution in [0, 0.1) is 11.6 Å². The largest absolute Gasteiger partial charge is 0.326 e. The van der Waals surface area contributed by atoms with E-state index in [2.05, 4.69) is 10.3 Å². The maximum absolute atomic E-state index is 12.9. The van der Waals surface area contributed by atoms with Crippen molar-refractivity contribution in [1.82, 2.24) is 9.55 Å². The molecule has 0 amide bonds. The van der Waals surface area contributed by atoms with Gasteiger partial charge >= 0.3 is 0 Å². The molecule has 1 N–H and O–H groups in total. The Labute approximate surface area is 85.4 Å². The van der Waals surface area contributed by atoms with Crippen LogP contribution >= 0.6 is 0 Å². The van der Waals surface area contributed by atoms with Gasteiger partial charge in [0, 0.05) is 31.2 Å². The average Bonchev–Trinajstić information content (AvgIpc) is 2.59. The Morgan fingerprint density at radius 2 is 2.07 bits per heavy atom. The molecule has 78 valence electrons. The van der Waals surface area contributed by atoms with Crippen molar-refractivity contribution in [3.63, 3.8) is 0 Å². The van der Waals surface area contributed by atoms with Crippen molar-refractivity contribution < 1.29 is 8.78 Å². The number of aryl methyl sites for hydroxylation is 1. The van der Waals surface area contributed by atoms with Crippen LogP contribution in [0.25, 0.3) is 0 Å². The van der Waals surface area contributed by atoms with Crippen LogP contribution in [0.15, 0.2) is 30.6 Å². The second-order valence-corrected chi connectivity index (χ2v) is 3.12. The monoisotopic (exact) mass is 209 g/mol. The lowest BCUT2D eigenvalue weighted by atomic mass is 10.3. The summed E-state index contributed by atoms with van der Waals surface area (Å²) in [6.07, 6.45) is 3.37. The number of hydrogen-bond acceptors (Lipinski definition) is 2. The van der Waals surface area contributed by atoms with E-state index < -0.39 is 11.6 Å². The highest BCUT2D eigenvalue weighted by Crippen LogP contribution is 2.16. The van der Waals surface area contributed by atoms with E-state index >= 15 is 0 Å². The number of aromatic nitrogens is 2. The van der Waals surface area contributed by atoms with Crippen molar-refractivity contribution in [3.8, 4) is 0 Å². The van der Waals surface area contributed by atoms with Gasteiger partial charge in [-0.3, -0.25) is 0 Å². The van der Waals surface area contributed by atoms with Gasteiger partial charge in [-0.15, -0.1) is 0 Å². The summed E-state index contributed by atoms with van der Waals surface area (Å²) in [5, 5.41) is 2.87. The van der Waals surface area contributed by atoms with E-state index in [0.717, 1.165) is 12.1 Å². The zero-order valence-corrected chi connectivity index (χ0v) is 8.04. The lowest BCUT2D eigenvalue weighted by Gasteiger charge is -2.05. The molecule has 0 aliphatic carbocycles. The second-order valence-electron chi connectivity index (χ2n) is 3.12. The highest BCUT2D eigenvalue weighted by Gasteiger charge is 2.04. The number of anilines is 2. The smallest absolute Gasteiger partial charge is 0.207 e. The molecule has 15 heavy (non-hydrogen) atoms. The van der Waals surface area contributed by atoms with E-state index in [9.17, 15) is 8.78 Å². The van der Waals surface area contributed by atoms with Gasteiger partial charge in [0.2, 0.25) is 5.95 Å². The maximum Gasteiger partial charge on any atom is 0.207 e. The number of imidazole rings is 1. The number of hydrogen-bond donors (Lipinski definition) is 1. The van der Waals surface area contributed by atoms with Gasteiger partial charge in [-0.25, -0.2) is 13.8 Å². The fourth-order valence-electron chi connectivity index (χ4n) is 1.19. The fraction of sp³-hybridized carbons (Fsp3) is 0.100. The van der Waals surface area contributed by atoms with Gasteiger partial charge in [0.15, 0.2) is 11.6 Å². The summed E-state index contributed by atoms with van der Waals surface area (Å²) in [6.45, 7) is 0. The normalized spacial score (nSPS) is 10.3. The Kier molecular flexibility index (Phi) is 2.37. The van der Waals surface area contributed by atoms with E-state index in [4.69, 9.17) is 0 Å². The second kappa shape index (κ2) is 3.68. The first-order valence-corrected chi connectivity index (χ1v) is 4.36. The summed E-state index contributed by atoms with van der Waals surface area (Å²) >= 11 is 0. The molecule has 1 heterocycles. The predicted molar refractivity (Wildman–Crippen MR) is 52.8 cm³/mol. The molecule has 3 nitrogen and oxygen atoms in total. The molecule has 0 saturated heterocycles. The third-order valence-corrected chi connectivity index (χ3v) is 2.00. The SMILES string of the molecule is Cn1ccnc1Nc1ccc(F)c(F)c1. The average molecular weight is 209 g/mol. The Balaban J connectivity index is 2.25. The lowest BCUT2D eigenvalue weighted by Crippen LogP contribution is -1.99. The number of halogens is 2. The molecule has 1 aromatic carbocycles. The predicted octanol–water partition coefficient (Wildman–Crippen LogP) is 2.44. The molecule has 5 heteroatoms. The van der Waals surface area contributed by atoms with Gasteiger partial charge in [-0.1, -0.05) is 0 Å².